The third kappa shape index (κ3) is 2.27. The normalized spacial score (nSPS) is 33.8. The highest BCUT2D eigenvalue weighted by Gasteiger charge is 2.56. The summed E-state index contributed by atoms with van der Waals surface area (Å²) in [4.78, 5) is 0. The predicted octanol–water partition coefficient (Wildman–Crippen LogP) is 2.66. The highest BCUT2D eigenvalue weighted by molar-refractivity contribution is 6.20. The van der Waals surface area contributed by atoms with E-state index in [1.54, 1.807) is 0 Å². The Hall–Kier alpha value is 0.540. The van der Waals surface area contributed by atoms with Crippen LogP contribution >= 0.6 is 24.0 Å². The summed E-state index contributed by atoms with van der Waals surface area (Å²) in [5.41, 5.74) is 6.09. The molecule has 0 aromatic carbocycles. The van der Waals surface area contributed by atoms with Crippen LogP contribution in [0.3, 0.4) is 0 Å². The summed E-state index contributed by atoms with van der Waals surface area (Å²) in [5, 5.41) is 0.302. The van der Waals surface area contributed by atoms with Crippen LogP contribution in [0, 0.1) is 17.3 Å². The van der Waals surface area contributed by atoms with Crippen molar-refractivity contribution in [3.8, 4) is 0 Å². The van der Waals surface area contributed by atoms with Crippen molar-refractivity contribution in [1.29, 1.82) is 0 Å². The molecule has 1 aliphatic carbocycles. The monoisotopic (exact) mass is 211 g/mol. The summed E-state index contributed by atoms with van der Waals surface area (Å²) in [6, 6.07) is 0. The molecule has 0 bridgehead atoms. The summed E-state index contributed by atoms with van der Waals surface area (Å²) in [7, 11) is 0. The van der Waals surface area contributed by atoms with E-state index in [-0.39, 0.29) is 12.4 Å². The molecule has 0 aliphatic heterocycles. The molecule has 0 heterocycles. The summed E-state index contributed by atoms with van der Waals surface area (Å²) in [5.74, 6) is 1.48. The molecule has 12 heavy (non-hydrogen) atoms. The standard InChI is InChI=1S/C9H18ClN.ClH/c1-6(10)4-7-8(5-11)9(7,2)3;/h6-8H,4-5,11H2,1-3H3;1H. The smallest absolute Gasteiger partial charge is 0.0310 e. The van der Waals surface area contributed by atoms with Gasteiger partial charge in [0, 0.05) is 5.38 Å². The Bertz CT molecular complexity index is 145. The van der Waals surface area contributed by atoms with Gasteiger partial charge in [-0.3, -0.25) is 0 Å². The molecule has 1 saturated carbocycles. The van der Waals surface area contributed by atoms with E-state index in [9.17, 15) is 0 Å². The Labute approximate surface area is 86.4 Å². The molecule has 2 N–H and O–H groups in total. The maximum atomic E-state index is 5.92. The van der Waals surface area contributed by atoms with Crippen molar-refractivity contribution in [2.75, 3.05) is 6.54 Å². The molecule has 74 valence electrons. The van der Waals surface area contributed by atoms with Crippen LogP contribution in [-0.2, 0) is 0 Å². The number of hydrogen-bond donors (Lipinski definition) is 1. The summed E-state index contributed by atoms with van der Waals surface area (Å²) in [6.07, 6.45) is 1.12. The van der Waals surface area contributed by atoms with Crippen LogP contribution in [0.15, 0.2) is 0 Å². The Morgan fingerprint density at radius 2 is 1.92 bits per heavy atom. The first-order valence-corrected chi connectivity index (χ1v) is 4.78. The topological polar surface area (TPSA) is 26.0 Å². The minimum Gasteiger partial charge on any atom is -0.330 e. The van der Waals surface area contributed by atoms with Gasteiger partial charge >= 0.3 is 0 Å². The van der Waals surface area contributed by atoms with Gasteiger partial charge in [-0.25, -0.2) is 0 Å². The second kappa shape index (κ2) is 4.17. The van der Waals surface area contributed by atoms with Crippen molar-refractivity contribution in [3.63, 3.8) is 0 Å². The van der Waals surface area contributed by atoms with Gasteiger partial charge in [-0.15, -0.1) is 24.0 Å². The van der Waals surface area contributed by atoms with Crippen LogP contribution < -0.4 is 5.73 Å². The quantitative estimate of drug-likeness (QED) is 0.715. The average Bonchev–Trinajstić information content (AvgIpc) is 2.33. The lowest BCUT2D eigenvalue weighted by Crippen LogP contribution is -2.05. The zero-order valence-corrected chi connectivity index (χ0v) is 9.58. The fourth-order valence-electron chi connectivity index (χ4n) is 2.14. The van der Waals surface area contributed by atoms with E-state index in [1.165, 1.54) is 0 Å². The first-order chi connectivity index (χ1) is 5.00. The fourth-order valence-corrected chi connectivity index (χ4v) is 2.34. The number of nitrogens with two attached hydrogens (primary N) is 1. The van der Waals surface area contributed by atoms with E-state index >= 15 is 0 Å². The van der Waals surface area contributed by atoms with Gasteiger partial charge in [0.1, 0.15) is 0 Å². The lowest BCUT2D eigenvalue weighted by atomic mass is 10.1. The SMILES string of the molecule is CC(Cl)CC1C(CN)C1(C)C.Cl. The summed E-state index contributed by atoms with van der Waals surface area (Å²) in [6.45, 7) is 7.45. The Balaban J connectivity index is 0.00000121. The molecule has 1 rings (SSSR count). The molecule has 3 atom stereocenters. The molecule has 0 saturated heterocycles. The summed E-state index contributed by atoms with van der Waals surface area (Å²) < 4.78 is 0. The van der Waals surface area contributed by atoms with Gasteiger partial charge in [0.05, 0.1) is 0 Å². The van der Waals surface area contributed by atoms with Gasteiger partial charge in [0.2, 0.25) is 0 Å². The van der Waals surface area contributed by atoms with Gasteiger partial charge in [0.15, 0.2) is 0 Å². The molecule has 3 unspecified atom stereocenters. The molecular formula is C9H19Cl2N. The van der Waals surface area contributed by atoms with E-state index < -0.39 is 0 Å². The minimum absolute atomic E-state index is 0. The molecule has 1 aliphatic rings. The van der Waals surface area contributed by atoms with Crippen molar-refractivity contribution in [2.45, 2.75) is 32.6 Å². The third-order valence-electron chi connectivity index (χ3n) is 3.12. The molecule has 0 aromatic heterocycles. The van der Waals surface area contributed by atoms with Gasteiger partial charge in [-0.2, -0.15) is 0 Å². The lowest BCUT2D eigenvalue weighted by Gasteiger charge is -2.03. The Kier molecular flexibility index (Phi) is 4.35. The van der Waals surface area contributed by atoms with E-state index in [0.717, 1.165) is 18.9 Å². The zero-order valence-electron chi connectivity index (χ0n) is 8.01. The van der Waals surface area contributed by atoms with Crippen molar-refractivity contribution >= 4 is 24.0 Å². The number of alkyl halides is 1. The molecular weight excluding hydrogens is 193 g/mol. The summed E-state index contributed by atoms with van der Waals surface area (Å²) >= 11 is 5.92. The van der Waals surface area contributed by atoms with Crippen molar-refractivity contribution in [1.82, 2.24) is 0 Å². The van der Waals surface area contributed by atoms with Crippen LogP contribution in [0.1, 0.15) is 27.2 Å². The van der Waals surface area contributed by atoms with Gasteiger partial charge in [-0.1, -0.05) is 13.8 Å². The van der Waals surface area contributed by atoms with E-state index in [1.807, 2.05) is 0 Å². The van der Waals surface area contributed by atoms with Crippen LogP contribution in [0.4, 0.5) is 0 Å². The molecule has 0 radical (unpaired) electrons. The second-order valence-electron chi connectivity index (χ2n) is 4.29. The van der Waals surface area contributed by atoms with Crippen LogP contribution in [-0.4, -0.2) is 11.9 Å². The van der Waals surface area contributed by atoms with Crippen LogP contribution in [0.25, 0.3) is 0 Å². The zero-order chi connectivity index (χ0) is 8.65. The fraction of sp³-hybridized carbons (Fsp3) is 1.00. The average molecular weight is 212 g/mol. The minimum atomic E-state index is 0. The van der Waals surface area contributed by atoms with Gasteiger partial charge < -0.3 is 5.73 Å². The maximum absolute atomic E-state index is 5.92. The van der Waals surface area contributed by atoms with Crippen molar-refractivity contribution in [3.05, 3.63) is 0 Å². The molecule has 0 amide bonds. The van der Waals surface area contributed by atoms with Crippen LogP contribution in [0.2, 0.25) is 0 Å². The Morgan fingerprint density at radius 1 is 1.42 bits per heavy atom. The molecule has 0 spiro atoms. The van der Waals surface area contributed by atoms with Crippen molar-refractivity contribution in [2.24, 2.45) is 23.0 Å². The highest BCUT2D eigenvalue weighted by Crippen LogP contribution is 2.59. The Morgan fingerprint density at radius 3 is 2.17 bits per heavy atom. The van der Waals surface area contributed by atoms with E-state index in [2.05, 4.69) is 20.8 Å². The first-order valence-electron chi connectivity index (χ1n) is 4.34. The first kappa shape index (κ1) is 12.5. The predicted molar refractivity (Wildman–Crippen MR) is 57.0 cm³/mol. The second-order valence-corrected chi connectivity index (χ2v) is 5.03. The molecule has 1 nitrogen and oxygen atoms in total. The number of halogens is 2. The molecule has 3 heteroatoms. The van der Waals surface area contributed by atoms with Crippen LogP contribution in [0.5, 0.6) is 0 Å². The van der Waals surface area contributed by atoms with Gasteiger partial charge in [0.25, 0.3) is 0 Å². The number of hydrogen-bond acceptors (Lipinski definition) is 1. The third-order valence-corrected chi connectivity index (χ3v) is 3.30. The highest BCUT2D eigenvalue weighted by atomic mass is 35.5. The van der Waals surface area contributed by atoms with E-state index in [0.29, 0.717) is 16.7 Å². The molecule has 1 fully saturated rings. The lowest BCUT2D eigenvalue weighted by molar-refractivity contribution is 0.521. The van der Waals surface area contributed by atoms with E-state index in [4.69, 9.17) is 17.3 Å². The van der Waals surface area contributed by atoms with Gasteiger partial charge in [-0.05, 0) is 37.1 Å². The largest absolute Gasteiger partial charge is 0.330 e. The number of rotatable bonds is 3. The van der Waals surface area contributed by atoms with Crippen molar-refractivity contribution < 1.29 is 0 Å². The maximum Gasteiger partial charge on any atom is 0.0310 e. The molecule has 0 aromatic rings.